The molecule has 0 aliphatic rings. The van der Waals surface area contributed by atoms with Gasteiger partial charge in [0.2, 0.25) is 0 Å². The first-order valence-electron chi connectivity index (χ1n) is 5.36. The highest BCUT2D eigenvalue weighted by atomic mass is 16.3. The maximum Gasteiger partial charge on any atom is 0.115 e. The van der Waals surface area contributed by atoms with Gasteiger partial charge in [-0.15, -0.1) is 5.92 Å². The van der Waals surface area contributed by atoms with Crippen molar-refractivity contribution >= 4 is 0 Å². The molecule has 0 aromatic heterocycles. The molecule has 0 aromatic rings. The molecule has 2 atom stereocenters. The Bertz CT molecular complexity index is 229. The highest BCUT2D eigenvalue weighted by molar-refractivity contribution is 5.03. The summed E-state index contributed by atoms with van der Waals surface area (Å²) in [5.74, 6) is 6.00. The minimum atomic E-state index is -0.453. The Morgan fingerprint density at radius 2 is 2.14 bits per heavy atom. The quantitative estimate of drug-likeness (QED) is 0.526. The van der Waals surface area contributed by atoms with Gasteiger partial charge in [-0.05, 0) is 39.0 Å². The van der Waals surface area contributed by atoms with Gasteiger partial charge in [0.05, 0.1) is 0 Å². The zero-order valence-electron chi connectivity index (χ0n) is 9.80. The van der Waals surface area contributed by atoms with Gasteiger partial charge in [-0.2, -0.15) is 0 Å². The van der Waals surface area contributed by atoms with Gasteiger partial charge in [-0.1, -0.05) is 31.4 Å². The summed E-state index contributed by atoms with van der Waals surface area (Å²) in [6, 6.07) is 0. The van der Waals surface area contributed by atoms with Crippen LogP contribution in [0.1, 0.15) is 47.0 Å². The number of allylic oxidation sites excluding steroid dienone is 2. The Balaban J connectivity index is 3.84. The fourth-order valence-corrected chi connectivity index (χ4v) is 1.25. The van der Waals surface area contributed by atoms with E-state index in [0.29, 0.717) is 5.92 Å². The fraction of sp³-hybridized carbons (Fsp3) is 0.692. The van der Waals surface area contributed by atoms with E-state index in [1.165, 1.54) is 5.57 Å². The minimum Gasteiger partial charge on any atom is -0.380 e. The molecule has 80 valence electrons. The van der Waals surface area contributed by atoms with Crippen LogP contribution in [0, 0.1) is 17.8 Å². The van der Waals surface area contributed by atoms with Gasteiger partial charge in [0, 0.05) is 0 Å². The molecule has 0 aliphatic carbocycles. The second kappa shape index (κ2) is 7.64. The van der Waals surface area contributed by atoms with E-state index in [0.717, 1.165) is 19.3 Å². The van der Waals surface area contributed by atoms with Gasteiger partial charge < -0.3 is 5.11 Å². The van der Waals surface area contributed by atoms with Crippen LogP contribution in [-0.4, -0.2) is 11.2 Å². The molecule has 1 nitrogen and oxygen atoms in total. The number of hydrogen-bond acceptors (Lipinski definition) is 1. The smallest absolute Gasteiger partial charge is 0.115 e. The SMILES string of the molecule is CC#CC(O)CC(C)C/C=C(\C)CC. The molecule has 0 heterocycles. The number of hydrogen-bond donors (Lipinski definition) is 1. The average molecular weight is 194 g/mol. The molecule has 0 aromatic carbocycles. The molecule has 1 N–H and O–H groups in total. The predicted octanol–water partition coefficient (Wildman–Crippen LogP) is 3.14. The van der Waals surface area contributed by atoms with Crippen molar-refractivity contribution in [2.24, 2.45) is 5.92 Å². The molecular weight excluding hydrogens is 172 g/mol. The minimum absolute atomic E-state index is 0.453. The topological polar surface area (TPSA) is 20.2 Å². The fourth-order valence-electron chi connectivity index (χ4n) is 1.25. The van der Waals surface area contributed by atoms with E-state index in [1.807, 2.05) is 0 Å². The summed E-state index contributed by atoms with van der Waals surface area (Å²) in [6.45, 7) is 8.22. The van der Waals surface area contributed by atoms with Crippen LogP contribution in [0.4, 0.5) is 0 Å². The van der Waals surface area contributed by atoms with E-state index in [9.17, 15) is 5.11 Å². The molecule has 0 rings (SSSR count). The van der Waals surface area contributed by atoms with Gasteiger partial charge in [0.1, 0.15) is 6.10 Å². The molecule has 2 unspecified atom stereocenters. The first kappa shape index (κ1) is 13.3. The molecule has 0 bridgehead atoms. The summed E-state index contributed by atoms with van der Waals surface area (Å²) < 4.78 is 0. The van der Waals surface area contributed by atoms with Crippen molar-refractivity contribution < 1.29 is 5.11 Å². The van der Waals surface area contributed by atoms with Crippen LogP contribution in [-0.2, 0) is 0 Å². The van der Waals surface area contributed by atoms with Crippen molar-refractivity contribution in [1.82, 2.24) is 0 Å². The van der Waals surface area contributed by atoms with E-state index in [4.69, 9.17) is 0 Å². The van der Waals surface area contributed by atoms with E-state index in [-0.39, 0.29) is 0 Å². The molecule has 0 radical (unpaired) electrons. The molecule has 0 fully saturated rings. The Morgan fingerprint density at radius 3 is 2.64 bits per heavy atom. The summed E-state index contributed by atoms with van der Waals surface area (Å²) in [5.41, 5.74) is 1.42. The van der Waals surface area contributed by atoms with Crippen LogP contribution in [0.5, 0.6) is 0 Å². The predicted molar refractivity (Wildman–Crippen MR) is 61.9 cm³/mol. The Kier molecular flexibility index (Phi) is 7.24. The van der Waals surface area contributed by atoms with Gasteiger partial charge in [0.15, 0.2) is 0 Å². The van der Waals surface area contributed by atoms with E-state index < -0.39 is 6.10 Å². The highest BCUT2D eigenvalue weighted by Crippen LogP contribution is 2.13. The highest BCUT2D eigenvalue weighted by Gasteiger charge is 2.06. The zero-order valence-corrected chi connectivity index (χ0v) is 9.80. The van der Waals surface area contributed by atoms with Crippen LogP contribution in [0.2, 0.25) is 0 Å². The lowest BCUT2D eigenvalue weighted by Crippen LogP contribution is -2.08. The van der Waals surface area contributed by atoms with Crippen molar-refractivity contribution in [3.05, 3.63) is 11.6 Å². The maximum atomic E-state index is 9.45. The van der Waals surface area contributed by atoms with E-state index >= 15 is 0 Å². The van der Waals surface area contributed by atoms with Gasteiger partial charge in [0.25, 0.3) is 0 Å². The molecule has 0 saturated carbocycles. The Hall–Kier alpha value is -0.740. The van der Waals surface area contributed by atoms with Crippen LogP contribution < -0.4 is 0 Å². The van der Waals surface area contributed by atoms with Gasteiger partial charge in [-0.25, -0.2) is 0 Å². The normalized spacial score (nSPS) is 15.6. The lowest BCUT2D eigenvalue weighted by molar-refractivity contribution is 0.200. The molecule has 0 amide bonds. The lowest BCUT2D eigenvalue weighted by atomic mass is 9.98. The first-order chi connectivity index (χ1) is 6.60. The van der Waals surface area contributed by atoms with Crippen molar-refractivity contribution in [3.8, 4) is 11.8 Å². The van der Waals surface area contributed by atoms with Gasteiger partial charge in [-0.3, -0.25) is 0 Å². The molecular formula is C13H22O. The summed E-state index contributed by atoms with van der Waals surface area (Å²) in [6.07, 6.45) is 4.74. The zero-order chi connectivity index (χ0) is 11.0. The third-order valence-electron chi connectivity index (χ3n) is 2.36. The monoisotopic (exact) mass is 194 g/mol. The average Bonchev–Trinajstić information content (AvgIpc) is 2.14. The third kappa shape index (κ3) is 6.74. The standard InChI is InChI=1S/C13H22O/c1-5-7-13(14)10-12(4)9-8-11(3)6-2/h8,12-14H,6,9-10H2,1-4H3/b11-8+. The number of aliphatic hydroxyl groups excluding tert-OH is 1. The van der Waals surface area contributed by atoms with Crippen LogP contribution in [0.3, 0.4) is 0 Å². The van der Waals surface area contributed by atoms with Crippen molar-refractivity contribution in [2.45, 2.75) is 53.1 Å². The van der Waals surface area contributed by atoms with Crippen LogP contribution >= 0.6 is 0 Å². The Morgan fingerprint density at radius 1 is 1.50 bits per heavy atom. The lowest BCUT2D eigenvalue weighted by Gasteiger charge is -2.10. The van der Waals surface area contributed by atoms with Gasteiger partial charge >= 0.3 is 0 Å². The molecule has 14 heavy (non-hydrogen) atoms. The van der Waals surface area contributed by atoms with Crippen molar-refractivity contribution in [2.75, 3.05) is 0 Å². The molecule has 1 heteroatoms. The summed E-state index contributed by atoms with van der Waals surface area (Å²) >= 11 is 0. The van der Waals surface area contributed by atoms with E-state index in [2.05, 4.69) is 38.7 Å². The second-order valence-corrected chi connectivity index (χ2v) is 3.89. The summed E-state index contributed by atoms with van der Waals surface area (Å²) in [7, 11) is 0. The summed E-state index contributed by atoms with van der Waals surface area (Å²) in [5, 5.41) is 9.45. The number of aliphatic hydroxyl groups is 1. The van der Waals surface area contributed by atoms with Crippen molar-refractivity contribution in [1.29, 1.82) is 0 Å². The Labute approximate surface area is 88.2 Å². The second-order valence-electron chi connectivity index (χ2n) is 3.89. The van der Waals surface area contributed by atoms with Crippen LogP contribution in [0.15, 0.2) is 11.6 Å². The van der Waals surface area contributed by atoms with E-state index in [1.54, 1.807) is 6.92 Å². The molecule has 0 spiro atoms. The molecule has 0 aliphatic heterocycles. The third-order valence-corrected chi connectivity index (χ3v) is 2.36. The first-order valence-corrected chi connectivity index (χ1v) is 5.36. The van der Waals surface area contributed by atoms with Crippen molar-refractivity contribution in [3.63, 3.8) is 0 Å². The largest absolute Gasteiger partial charge is 0.380 e. The summed E-state index contributed by atoms with van der Waals surface area (Å²) in [4.78, 5) is 0. The van der Waals surface area contributed by atoms with Crippen LogP contribution in [0.25, 0.3) is 0 Å². The maximum absolute atomic E-state index is 9.45. The number of rotatable bonds is 5. The molecule has 0 saturated heterocycles.